The van der Waals surface area contributed by atoms with E-state index in [-0.39, 0.29) is 11.8 Å². The summed E-state index contributed by atoms with van der Waals surface area (Å²) in [5.74, 6) is 1.37. The third-order valence-corrected chi connectivity index (χ3v) is 5.37. The minimum absolute atomic E-state index is 0.118. The number of methoxy groups -OCH3 is 1. The van der Waals surface area contributed by atoms with Crippen LogP contribution in [0.3, 0.4) is 0 Å². The summed E-state index contributed by atoms with van der Waals surface area (Å²) in [5.41, 5.74) is 0.919. The summed E-state index contributed by atoms with van der Waals surface area (Å²) < 4.78 is 28.5. The Hall–Kier alpha value is -1.14. The van der Waals surface area contributed by atoms with Gasteiger partial charge in [-0.05, 0) is 25.5 Å². The largest absolute Gasteiger partial charge is 0.497 e. The second kappa shape index (κ2) is 6.54. The maximum Gasteiger partial charge on any atom is 0.151 e. The Bertz CT molecular complexity index is 545. The van der Waals surface area contributed by atoms with Crippen molar-refractivity contribution in [3.63, 3.8) is 0 Å². The van der Waals surface area contributed by atoms with Crippen LogP contribution in [0.5, 0.6) is 5.75 Å². The SMILES string of the molecule is CCCN(Cc1cc(OC)ccn1)[C@H]1CCS(=O)(=O)C1. The van der Waals surface area contributed by atoms with Crippen LogP contribution in [0.25, 0.3) is 0 Å². The van der Waals surface area contributed by atoms with Gasteiger partial charge in [-0.15, -0.1) is 0 Å². The van der Waals surface area contributed by atoms with E-state index in [1.807, 2.05) is 12.1 Å². The lowest BCUT2D eigenvalue weighted by molar-refractivity contribution is 0.201. The summed E-state index contributed by atoms with van der Waals surface area (Å²) in [6.07, 6.45) is 3.45. The molecule has 1 aliphatic rings. The van der Waals surface area contributed by atoms with Crippen LogP contribution in [0.2, 0.25) is 0 Å². The molecule has 0 aromatic carbocycles. The molecule has 1 atom stereocenters. The number of hydrogen-bond acceptors (Lipinski definition) is 5. The molecule has 1 aromatic heterocycles. The Balaban J connectivity index is 2.09. The highest BCUT2D eigenvalue weighted by Gasteiger charge is 2.31. The fourth-order valence-corrected chi connectivity index (χ4v) is 4.38. The van der Waals surface area contributed by atoms with E-state index in [2.05, 4.69) is 16.8 Å². The van der Waals surface area contributed by atoms with Gasteiger partial charge in [-0.1, -0.05) is 6.92 Å². The number of hydrogen-bond donors (Lipinski definition) is 0. The van der Waals surface area contributed by atoms with Crippen LogP contribution in [0, 0.1) is 0 Å². The highest BCUT2D eigenvalue weighted by atomic mass is 32.2. The van der Waals surface area contributed by atoms with Crippen molar-refractivity contribution in [2.45, 2.75) is 32.4 Å². The first-order valence-electron chi connectivity index (χ1n) is 6.97. The second-order valence-corrected chi connectivity index (χ2v) is 7.44. The lowest BCUT2D eigenvalue weighted by atomic mass is 10.2. The molecule has 1 aliphatic heterocycles. The number of nitrogens with zero attached hydrogens (tertiary/aromatic N) is 2. The summed E-state index contributed by atoms with van der Waals surface area (Å²) in [6, 6.07) is 3.84. The maximum absolute atomic E-state index is 11.6. The summed E-state index contributed by atoms with van der Waals surface area (Å²) in [4.78, 5) is 6.57. The van der Waals surface area contributed by atoms with Crippen LogP contribution in [0.1, 0.15) is 25.5 Å². The van der Waals surface area contributed by atoms with Gasteiger partial charge in [0.1, 0.15) is 5.75 Å². The van der Waals surface area contributed by atoms with E-state index >= 15 is 0 Å². The molecule has 0 bridgehead atoms. The van der Waals surface area contributed by atoms with Crippen LogP contribution in [-0.2, 0) is 16.4 Å². The van der Waals surface area contributed by atoms with Gasteiger partial charge < -0.3 is 4.74 Å². The van der Waals surface area contributed by atoms with Crippen molar-refractivity contribution in [3.8, 4) is 5.75 Å². The van der Waals surface area contributed by atoms with Gasteiger partial charge in [0.05, 0.1) is 24.3 Å². The lowest BCUT2D eigenvalue weighted by Crippen LogP contribution is -2.36. The van der Waals surface area contributed by atoms with Crippen molar-refractivity contribution in [3.05, 3.63) is 24.0 Å². The third-order valence-electron chi connectivity index (χ3n) is 3.62. The second-order valence-electron chi connectivity index (χ2n) is 5.21. The first kappa shape index (κ1) is 15.3. The highest BCUT2D eigenvalue weighted by molar-refractivity contribution is 7.91. The Morgan fingerprint density at radius 3 is 2.90 bits per heavy atom. The van der Waals surface area contributed by atoms with Gasteiger partial charge >= 0.3 is 0 Å². The van der Waals surface area contributed by atoms with Crippen molar-refractivity contribution in [2.24, 2.45) is 0 Å². The smallest absolute Gasteiger partial charge is 0.151 e. The molecule has 0 unspecified atom stereocenters. The number of aromatic nitrogens is 1. The van der Waals surface area contributed by atoms with Gasteiger partial charge in [0.15, 0.2) is 9.84 Å². The Morgan fingerprint density at radius 1 is 1.50 bits per heavy atom. The molecule has 0 N–H and O–H groups in total. The van der Waals surface area contributed by atoms with E-state index in [1.54, 1.807) is 13.3 Å². The molecule has 0 amide bonds. The first-order valence-corrected chi connectivity index (χ1v) is 8.79. The molecule has 0 aliphatic carbocycles. The fraction of sp³-hybridized carbons (Fsp3) is 0.643. The van der Waals surface area contributed by atoms with Crippen molar-refractivity contribution >= 4 is 9.84 Å². The van der Waals surface area contributed by atoms with Crippen LogP contribution in [0.15, 0.2) is 18.3 Å². The molecular weight excluding hydrogens is 276 g/mol. The van der Waals surface area contributed by atoms with Gasteiger partial charge in [0, 0.05) is 24.8 Å². The minimum atomic E-state index is -2.85. The van der Waals surface area contributed by atoms with Crippen LogP contribution < -0.4 is 4.74 Å². The van der Waals surface area contributed by atoms with E-state index in [9.17, 15) is 8.42 Å². The molecule has 1 fully saturated rings. The van der Waals surface area contributed by atoms with Gasteiger partial charge in [-0.3, -0.25) is 9.88 Å². The van der Waals surface area contributed by atoms with Crippen LogP contribution in [0.4, 0.5) is 0 Å². The summed E-state index contributed by atoms with van der Waals surface area (Å²) in [7, 11) is -1.22. The van der Waals surface area contributed by atoms with Crippen molar-refractivity contribution < 1.29 is 13.2 Å². The number of pyridine rings is 1. The van der Waals surface area contributed by atoms with Crippen molar-refractivity contribution in [1.82, 2.24) is 9.88 Å². The van der Waals surface area contributed by atoms with E-state index in [0.29, 0.717) is 12.3 Å². The molecular formula is C14H22N2O3S. The predicted octanol–water partition coefficient (Wildman–Crippen LogP) is 1.49. The van der Waals surface area contributed by atoms with E-state index in [4.69, 9.17) is 4.74 Å². The molecule has 0 radical (unpaired) electrons. The molecule has 2 heterocycles. The molecule has 1 aromatic rings. The normalized spacial score (nSPS) is 21.2. The number of rotatable bonds is 6. The Morgan fingerprint density at radius 2 is 2.30 bits per heavy atom. The maximum atomic E-state index is 11.6. The van der Waals surface area contributed by atoms with Gasteiger partial charge in [0.25, 0.3) is 0 Å². The van der Waals surface area contributed by atoms with Gasteiger partial charge in [-0.2, -0.15) is 0 Å². The summed E-state index contributed by atoms with van der Waals surface area (Å²) in [5, 5.41) is 0. The van der Waals surface area contributed by atoms with E-state index in [1.165, 1.54) is 0 Å². The molecule has 0 saturated carbocycles. The average molecular weight is 298 g/mol. The van der Waals surface area contributed by atoms with E-state index in [0.717, 1.165) is 30.8 Å². The van der Waals surface area contributed by atoms with Crippen molar-refractivity contribution in [2.75, 3.05) is 25.2 Å². The van der Waals surface area contributed by atoms with Crippen molar-refractivity contribution in [1.29, 1.82) is 0 Å². The zero-order valence-electron chi connectivity index (χ0n) is 12.1. The van der Waals surface area contributed by atoms with E-state index < -0.39 is 9.84 Å². The Kier molecular flexibility index (Phi) is 4.99. The van der Waals surface area contributed by atoms with Crippen LogP contribution >= 0.6 is 0 Å². The third kappa shape index (κ3) is 3.93. The first-order chi connectivity index (χ1) is 9.54. The number of sulfone groups is 1. The molecule has 112 valence electrons. The molecule has 1 saturated heterocycles. The monoisotopic (exact) mass is 298 g/mol. The summed E-state index contributed by atoms with van der Waals surface area (Å²) in [6.45, 7) is 3.67. The zero-order chi connectivity index (χ0) is 14.6. The zero-order valence-corrected chi connectivity index (χ0v) is 12.9. The average Bonchev–Trinajstić information content (AvgIpc) is 2.79. The minimum Gasteiger partial charge on any atom is -0.497 e. The highest BCUT2D eigenvalue weighted by Crippen LogP contribution is 2.21. The quantitative estimate of drug-likeness (QED) is 0.796. The molecule has 2 rings (SSSR count). The molecule has 20 heavy (non-hydrogen) atoms. The standard InChI is InChI=1S/C14H22N2O3S/c1-3-7-16(13-5-8-20(17,18)11-13)10-12-9-14(19-2)4-6-15-12/h4,6,9,13H,3,5,7-8,10-11H2,1-2H3/t13-/m0/s1. The fourth-order valence-electron chi connectivity index (χ4n) is 2.62. The number of ether oxygens (including phenoxy) is 1. The van der Waals surface area contributed by atoms with Gasteiger partial charge in [-0.25, -0.2) is 8.42 Å². The Labute approximate surface area is 120 Å². The van der Waals surface area contributed by atoms with Crippen LogP contribution in [-0.4, -0.2) is 49.5 Å². The molecule has 5 nitrogen and oxygen atoms in total. The predicted molar refractivity (Wildman–Crippen MR) is 78.5 cm³/mol. The molecule has 0 spiro atoms. The molecule has 6 heteroatoms. The lowest BCUT2D eigenvalue weighted by Gasteiger charge is -2.27. The van der Waals surface area contributed by atoms with Gasteiger partial charge in [0.2, 0.25) is 0 Å². The topological polar surface area (TPSA) is 59.5 Å². The summed E-state index contributed by atoms with van der Waals surface area (Å²) >= 11 is 0.